The molecular weight excluding hydrogens is 286 g/mol. The average molecular weight is 298 g/mol. The van der Waals surface area contributed by atoms with E-state index in [0.29, 0.717) is 22.8 Å². The minimum Gasteiger partial charge on any atom is -0.298 e. The van der Waals surface area contributed by atoms with Crippen LogP contribution in [0.2, 0.25) is 5.02 Å². The normalized spacial score (nSPS) is 10.5. The standard InChI is InChI=1S/C16H12ClN3O/c17-15-3-1-12(2-4-15)9-20-10-14(11-21)16(19-20)13-5-7-18-8-6-13/h1-8,10-11H,9H2. The van der Waals surface area contributed by atoms with Gasteiger partial charge in [0.25, 0.3) is 0 Å². The zero-order valence-corrected chi connectivity index (χ0v) is 11.9. The van der Waals surface area contributed by atoms with E-state index in [1.807, 2.05) is 36.4 Å². The number of nitrogens with zero attached hydrogens (tertiary/aromatic N) is 3. The summed E-state index contributed by atoms with van der Waals surface area (Å²) in [6.45, 7) is 0.586. The van der Waals surface area contributed by atoms with E-state index in [-0.39, 0.29) is 0 Å². The van der Waals surface area contributed by atoms with Gasteiger partial charge in [-0.05, 0) is 29.8 Å². The molecule has 0 aliphatic heterocycles. The molecule has 3 rings (SSSR count). The topological polar surface area (TPSA) is 47.8 Å². The molecule has 0 bridgehead atoms. The van der Waals surface area contributed by atoms with Gasteiger partial charge in [0.15, 0.2) is 6.29 Å². The van der Waals surface area contributed by atoms with E-state index in [1.165, 1.54) is 0 Å². The average Bonchev–Trinajstić information content (AvgIpc) is 2.93. The van der Waals surface area contributed by atoms with Crippen molar-refractivity contribution in [1.82, 2.24) is 14.8 Å². The van der Waals surface area contributed by atoms with Crippen molar-refractivity contribution < 1.29 is 4.79 Å². The van der Waals surface area contributed by atoms with Crippen molar-refractivity contribution in [3.05, 3.63) is 71.1 Å². The molecule has 2 heterocycles. The zero-order chi connectivity index (χ0) is 14.7. The molecule has 0 saturated carbocycles. The molecule has 1 aromatic carbocycles. The molecule has 0 N–H and O–H groups in total. The number of halogens is 1. The van der Waals surface area contributed by atoms with Gasteiger partial charge in [-0.15, -0.1) is 0 Å². The monoisotopic (exact) mass is 297 g/mol. The minimum atomic E-state index is 0.565. The van der Waals surface area contributed by atoms with Crippen LogP contribution in [0.25, 0.3) is 11.3 Å². The Kier molecular flexibility index (Phi) is 3.79. The molecule has 0 radical (unpaired) electrons. The van der Waals surface area contributed by atoms with Gasteiger partial charge >= 0.3 is 0 Å². The lowest BCUT2D eigenvalue weighted by Gasteiger charge is -2.02. The summed E-state index contributed by atoms with van der Waals surface area (Å²) < 4.78 is 1.75. The van der Waals surface area contributed by atoms with Crippen LogP contribution in [-0.2, 0) is 6.54 Å². The van der Waals surface area contributed by atoms with Crippen LogP contribution in [0, 0.1) is 0 Å². The number of carbonyl (C=O) groups is 1. The van der Waals surface area contributed by atoms with Crippen molar-refractivity contribution in [1.29, 1.82) is 0 Å². The predicted molar refractivity (Wildman–Crippen MR) is 81.4 cm³/mol. The number of pyridine rings is 1. The highest BCUT2D eigenvalue weighted by atomic mass is 35.5. The molecule has 0 amide bonds. The first-order chi connectivity index (χ1) is 10.3. The number of benzene rings is 1. The second-order valence-corrected chi connectivity index (χ2v) is 5.05. The molecule has 4 nitrogen and oxygen atoms in total. The van der Waals surface area contributed by atoms with Crippen molar-refractivity contribution in [2.45, 2.75) is 6.54 Å². The molecule has 0 saturated heterocycles. The predicted octanol–water partition coefficient (Wildman–Crippen LogP) is 3.46. The van der Waals surface area contributed by atoms with E-state index in [4.69, 9.17) is 11.6 Å². The van der Waals surface area contributed by atoms with Gasteiger partial charge in [0, 0.05) is 29.2 Å². The number of hydrogen-bond acceptors (Lipinski definition) is 3. The zero-order valence-electron chi connectivity index (χ0n) is 11.1. The molecule has 21 heavy (non-hydrogen) atoms. The number of carbonyl (C=O) groups excluding carboxylic acids is 1. The maximum atomic E-state index is 11.2. The molecule has 3 aromatic rings. The molecule has 2 aromatic heterocycles. The highest BCUT2D eigenvalue weighted by molar-refractivity contribution is 6.30. The summed E-state index contributed by atoms with van der Waals surface area (Å²) in [6.07, 6.45) is 5.93. The van der Waals surface area contributed by atoms with Crippen molar-refractivity contribution in [3.63, 3.8) is 0 Å². The Balaban J connectivity index is 1.92. The van der Waals surface area contributed by atoms with E-state index in [0.717, 1.165) is 17.4 Å². The maximum Gasteiger partial charge on any atom is 0.153 e. The van der Waals surface area contributed by atoms with Gasteiger partial charge in [-0.2, -0.15) is 5.10 Å². The maximum absolute atomic E-state index is 11.2. The first kappa shape index (κ1) is 13.5. The first-order valence-corrected chi connectivity index (χ1v) is 6.81. The number of aldehydes is 1. The number of aromatic nitrogens is 3. The van der Waals surface area contributed by atoms with Crippen molar-refractivity contribution in [2.24, 2.45) is 0 Å². The Morgan fingerprint density at radius 3 is 2.48 bits per heavy atom. The van der Waals surface area contributed by atoms with Crippen LogP contribution in [0.15, 0.2) is 55.0 Å². The lowest BCUT2D eigenvalue weighted by molar-refractivity contribution is 0.112. The second kappa shape index (κ2) is 5.89. The quantitative estimate of drug-likeness (QED) is 0.693. The van der Waals surface area contributed by atoms with E-state index >= 15 is 0 Å². The summed E-state index contributed by atoms with van der Waals surface area (Å²) in [7, 11) is 0. The van der Waals surface area contributed by atoms with E-state index in [1.54, 1.807) is 23.3 Å². The van der Waals surface area contributed by atoms with Crippen LogP contribution in [0.5, 0.6) is 0 Å². The van der Waals surface area contributed by atoms with Gasteiger partial charge in [0.2, 0.25) is 0 Å². The fourth-order valence-electron chi connectivity index (χ4n) is 2.12. The summed E-state index contributed by atoms with van der Waals surface area (Å²) in [5, 5.41) is 5.19. The van der Waals surface area contributed by atoms with Crippen LogP contribution >= 0.6 is 11.6 Å². The second-order valence-electron chi connectivity index (χ2n) is 4.61. The SMILES string of the molecule is O=Cc1cn(Cc2ccc(Cl)cc2)nc1-c1ccncc1. The van der Waals surface area contributed by atoms with Crippen LogP contribution in [0.4, 0.5) is 0 Å². The van der Waals surface area contributed by atoms with Crippen molar-refractivity contribution in [2.75, 3.05) is 0 Å². The van der Waals surface area contributed by atoms with E-state index < -0.39 is 0 Å². The Morgan fingerprint density at radius 2 is 1.81 bits per heavy atom. The lowest BCUT2D eigenvalue weighted by Crippen LogP contribution is -2.00. The summed E-state index contributed by atoms with van der Waals surface area (Å²) in [4.78, 5) is 15.2. The summed E-state index contributed by atoms with van der Waals surface area (Å²) in [6, 6.07) is 11.2. The van der Waals surface area contributed by atoms with Gasteiger partial charge < -0.3 is 0 Å². The van der Waals surface area contributed by atoms with Crippen LogP contribution < -0.4 is 0 Å². The molecule has 5 heteroatoms. The number of hydrogen-bond donors (Lipinski definition) is 0. The Labute approximate surface area is 127 Å². The fraction of sp³-hybridized carbons (Fsp3) is 0.0625. The van der Waals surface area contributed by atoms with Crippen molar-refractivity contribution >= 4 is 17.9 Å². The van der Waals surface area contributed by atoms with Gasteiger partial charge in [-0.25, -0.2) is 0 Å². The first-order valence-electron chi connectivity index (χ1n) is 6.44. The highest BCUT2D eigenvalue weighted by Gasteiger charge is 2.10. The molecule has 0 aliphatic carbocycles. The molecule has 0 fully saturated rings. The summed E-state index contributed by atoms with van der Waals surface area (Å²) >= 11 is 5.87. The third kappa shape index (κ3) is 3.01. The minimum absolute atomic E-state index is 0.565. The van der Waals surface area contributed by atoms with E-state index in [2.05, 4.69) is 10.1 Å². The molecular formula is C16H12ClN3O. The molecule has 0 spiro atoms. The van der Waals surface area contributed by atoms with Gasteiger partial charge in [0.05, 0.1) is 12.1 Å². The van der Waals surface area contributed by atoms with Gasteiger partial charge in [0.1, 0.15) is 5.69 Å². The third-order valence-corrected chi connectivity index (χ3v) is 3.38. The Hall–Kier alpha value is -2.46. The Bertz CT molecular complexity index is 751. The lowest BCUT2D eigenvalue weighted by atomic mass is 10.1. The Morgan fingerprint density at radius 1 is 1.10 bits per heavy atom. The van der Waals surface area contributed by atoms with Crippen LogP contribution in [0.1, 0.15) is 15.9 Å². The van der Waals surface area contributed by atoms with Crippen molar-refractivity contribution in [3.8, 4) is 11.3 Å². The van der Waals surface area contributed by atoms with E-state index in [9.17, 15) is 4.79 Å². The molecule has 104 valence electrons. The molecule has 0 atom stereocenters. The molecule has 0 unspecified atom stereocenters. The highest BCUT2D eigenvalue weighted by Crippen LogP contribution is 2.20. The summed E-state index contributed by atoms with van der Waals surface area (Å²) in [5.41, 5.74) is 3.18. The largest absolute Gasteiger partial charge is 0.298 e. The third-order valence-electron chi connectivity index (χ3n) is 3.13. The fourth-order valence-corrected chi connectivity index (χ4v) is 2.24. The van der Waals surface area contributed by atoms with Crippen LogP contribution in [0.3, 0.4) is 0 Å². The number of rotatable bonds is 4. The van der Waals surface area contributed by atoms with Crippen LogP contribution in [-0.4, -0.2) is 21.1 Å². The smallest absolute Gasteiger partial charge is 0.153 e. The summed E-state index contributed by atoms with van der Waals surface area (Å²) in [5.74, 6) is 0. The molecule has 0 aliphatic rings. The van der Waals surface area contributed by atoms with Gasteiger partial charge in [-0.1, -0.05) is 23.7 Å². The van der Waals surface area contributed by atoms with Gasteiger partial charge in [-0.3, -0.25) is 14.5 Å².